The van der Waals surface area contributed by atoms with E-state index in [1.165, 1.54) is 12.1 Å². The second-order valence-corrected chi connectivity index (χ2v) is 4.21. The minimum absolute atomic E-state index is 0.115. The summed E-state index contributed by atoms with van der Waals surface area (Å²) < 4.78 is 18.4. The van der Waals surface area contributed by atoms with Gasteiger partial charge in [-0.3, -0.25) is 0 Å². The van der Waals surface area contributed by atoms with Gasteiger partial charge in [-0.25, -0.2) is 4.39 Å². The van der Waals surface area contributed by atoms with Crippen molar-refractivity contribution in [2.75, 3.05) is 13.2 Å². The largest absolute Gasteiger partial charge is 0.508 e. The highest BCUT2D eigenvalue weighted by Crippen LogP contribution is 2.26. The smallest absolute Gasteiger partial charge is 0.126 e. The SMILES string of the molecule is OCC(COc1cccc(F)c1)c1ccccc1O. The lowest BCUT2D eigenvalue weighted by Gasteiger charge is -2.16. The third-order valence-electron chi connectivity index (χ3n) is 2.84. The van der Waals surface area contributed by atoms with Gasteiger partial charge in [0, 0.05) is 17.5 Å². The highest BCUT2D eigenvalue weighted by Gasteiger charge is 2.15. The van der Waals surface area contributed by atoms with E-state index in [0.29, 0.717) is 11.3 Å². The van der Waals surface area contributed by atoms with Gasteiger partial charge in [0.2, 0.25) is 0 Å². The highest BCUT2D eigenvalue weighted by molar-refractivity contribution is 5.35. The Morgan fingerprint density at radius 2 is 1.89 bits per heavy atom. The fourth-order valence-corrected chi connectivity index (χ4v) is 1.83. The predicted octanol–water partition coefficient (Wildman–Crippen LogP) is 2.69. The molecule has 0 aliphatic heterocycles. The Balaban J connectivity index is 2.06. The number of hydrogen-bond acceptors (Lipinski definition) is 3. The first kappa shape index (κ1) is 13.4. The van der Waals surface area contributed by atoms with Crippen LogP contribution in [0.5, 0.6) is 11.5 Å². The Kier molecular flexibility index (Phi) is 4.36. The molecule has 1 unspecified atom stereocenters. The van der Waals surface area contributed by atoms with Crippen LogP contribution in [-0.2, 0) is 0 Å². The van der Waals surface area contributed by atoms with Crippen LogP contribution in [0.15, 0.2) is 48.5 Å². The maximum atomic E-state index is 13.0. The van der Waals surface area contributed by atoms with Crippen molar-refractivity contribution in [3.05, 3.63) is 59.9 Å². The van der Waals surface area contributed by atoms with E-state index in [4.69, 9.17) is 4.74 Å². The van der Waals surface area contributed by atoms with Crippen LogP contribution in [0.3, 0.4) is 0 Å². The summed E-state index contributed by atoms with van der Waals surface area (Å²) in [7, 11) is 0. The average Bonchev–Trinajstić information content (AvgIpc) is 2.41. The monoisotopic (exact) mass is 262 g/mol. The molecule has 2 rings (SSSR count). The standard InChI is InChI=1S/C15H15FO3/c16-12-4-3-5-13(8-12)19-10-11(9-17)14-6-1-2-7-15(14)18/h1-8,11,17-18H,9-10H2. The average molecular weight is 262 g/mol. The van der Waals surface area contributed by atoms with Gasteiger partial charge in [0.15, 0.2) is 0 Å². The highest BCUT2D eigenvalue weighted by atomic mass is 19.1. The Labute approximate surface area is 110 Å². The number of halogens is 1. The van der Waals surface area contributed by atoms with Gasteiger partial charge in [0.05, 0.1) is 13.2 Å². The van der Waals surface area contributed by atoms with E-state index in [1.807, 2.05) is 0 Å². The van der Waals surface area contributed by atoms with Crippen LogP contribution >= 0.6 is 0 Å². The normalized spacial score (nSPS) is 12.1. The summed E-state index contributed by atoms with van der Waals surface area (Å²) in [5.74, 6) is -0.219. The van der Waals surface area contributed by atoms with E-state index in [-0.39, 0.29) is 30.7 Å². The number of ether oxygens (including phenoxy) is 1. The number of aromatic hydroxyl groups is 1. The molecule has 2 aromatic carbocycles. The molecule has 0 aliphatic carbocycles. The number of phenolic OH excluding ortho intramolecular Hbond substituents is 1. The van der Waals surface area contributed by atoms with E-state index in [1.54, 1.807) is 36.4 Å². The van der Waals surface area contributed by atoms with Crippen molar-refractivity contribution < 1.29 is 19.3 Å². The molecule has 0 saturated carbocycles. The van der Waals surface area contributed by atoms with Crippen molar-refractivity contribution in [3.63, 3.8) is 0 Å². The van der Waals surface area contributed by atoms with E-state index in [0.717, 1.165) is 0 Å². The Morgan fingerprint density at radius 1 is 1.11 bits per heavy atom. The molecule has 100 valence electrons. The van der Waals surface area contributed by atoms with Crippen molar-refractivity contribution in [2.45, 2.75) is 5.92 Å². The maximum Gasteiger partial charge on any atom is 0.126 e. The van der Waals surface area contributed by atoms with Crippen LogP contribution in [0, 0.1) is 5.82 Å². The Morgan fingerprint density at radius 3 is 2.58 bits per heavy atom. The second kappa shape index (κ2) is 6.20. The number of rotatable bonds is 5. The van der Waals surface area contributed by atoms with Gasteiger partial charge < -0.3 is 14.9 Å². The molecule has 4 heteroatoms. The zero-order chi connectivity index (χ0) is 13.7. The van der Waals surface area contributed by atoms with Gasteiger partial charge in [-0.05, 0) is 18.2 Å². The fraction of sp³-hybridized carbons (Fsp3) is 0.200. The van der Waals surface area contributed by atoms with Crippen LogP contribution in [0.25, 0.3) is 0 Å². The molecule has 0 amide bonds. The van der Waals surface area contributed by atoms with Crippen molar-refractivity contribution in [1.29, 1.82) is 0 Å². The van der Waals surface area contributed by atoms with Gasteiger partial charge in [-0.15, -0.1) is 0 Å². The summed E-state index contributed by atoms with van der Waals surface area (Å²) in [4.78, 5) is 0. The minimum Gasteiger partial charge on any atom is -0.508 e. The van der Waals surface area contributed by atoms with Crippen molar-refractivity contribution >= 4 is 0 Å². The van der Waals surface area contributed by atoms with Crippen LogP contribution in [0.1, 0.15) is 11.5 Å². The lowest BCUT2D eigenvalue weighted by Crippen LogP contribution is -2.14. The van der Waals surface area contributed by atoms with Crippen LogP contribution in [0.4, 0.5) is 4.39 Å². The van der Waals surface area contributed by atoms with Crippen LogP contribution in [-0.4, -0.2) is 23.4 Å². The lowest BCUT2D eigenvalue weighted by atomic mass is 10.00. The summed E-state index contributed by atoms with van der Waals surface area (Å²) in [5.41, 5.74) is 0.612. The molecule has 2 N–H and O–H groups in total. The third kappa shape index (κ3) is 3.45. The molecule has 0 bridgehead atoms. The van der Waals surface area contributed by atoms with Gasteiger partial charge >= 0.3 is 0 Å². The molecule has 0 radical (unpaired) electrons. The van der Waals surface area contributed by atoms with E-state index in [2.05, 4.69) is 0 Å². The number of para-hydroxylation sites is 1. The lowest BCUT2D eigenvalue weighted by molar-refractivity contribution is 0.202. The molecule has 0 aromatic heterocycles. The minimum atomic E-state index is -0.374. The Hall–Kier alpha value is -2.07. The number of benzene rings is 2. The molecule has 0 fully saturated rings. The third-order valence-corrected chi connectivity index (χ3v) is 2.84. The number of aliphatic hydroxyl groups is 1. The first-order valence-corrected chi connectivity index (χ1v) is 5.98. The topological polar surface area (TPSA) is 49.7 Å². The zero-order valence-electron chi connectivity index (χ0n) is 10.3. The van der Waals surface area contributed by atoms with Gasteiger partial charge in [-0.2, -0.15) is 0 Å². The fourth-order valence-electron chi connectivity index (χ4n) is 1.83. The van der Waals surface area contributed by atoms with Crippen molar-refractivity contribution in [3.8, 4) is 11.5 Å². The summed E-state index contributed by atoms with van der Waals surface area (Å²) in [6.45, 7) is 0.00438. The molecule has 0 aliphatic rings. The maximum absolute atomic E-state index is 13.0. The first-order valence-electron chi connectivity index (χ1n) is 5.98. The van der Waals surface area contributed by atoms with Gasteiger partial charge in [0.1, 0.15) is 17.3 Å². The summed E-state index contributed by atoms with van der Waals surface area (Å²) in [6.07, 6.45) is 0. The van der Waals surface area contributed by atoms with E-state index < -0.39 is 0 Å². The first-order chi connectivity index (χ1) is 9.20. The van der Waals surface area contributed by atoms with E-state index in [9.17, 15) is 14.6 Å². The quantitative estimate of drug-likeness (QED) is 0.871. The zero-order valence-corrected chi connectivity index (χ0v) is 10.3. The van der Waals surface area contributed by atoms with Crippen LogP contribution < -0.4 is 4.74 Å². The molecule has 19 heavy (non-hydrogen) atoms. The molecule has 0 spiro atoms. The van der Waals surface area contributed by atoms with Gasteiger partial charge in [-0.1, -0.05) is 24.3 Å². The summed E-state index contributed by atoms with van der Waals surface area (Å²) >= 11 is 0. The molecule has 0 heterocycles. The molecule has 0 saturated heterocycles. The van der Waals surface area contributed by atoms with E-state index >= 15 is 0 Å². The summed E-state index contributed by atoms with van der Waals surface area (Å²) in [6, 6.07) is 12.6. The molecule has 2 aromatic rings. The number of hydrogen-bond donors (Lipinski definition) is 2. The molecular formula is C15H15FO3. The van der Waals surface area contributed by atoms with Crippen molar-refractivity contribution in [2.24, 2.45) is 0 Å². The Bertz CT molecular complexity index is 542. The van der Waals surface area contributed by atoms with Gasteiger partial charge in [0.25, 0.3) is 0 Å². The number of phenols is 1. The predicted molar refractivity (Wildman–Crippen MR) is 69.8 cm³/mol. The second-order valence-electron chi connectivity index (χ2n) is 4.21. The molecule has 1 atom stereocenters. The number of aliphatic hydroxyl groups excluding tert-OH is 1. The van der Waals surface area contributed by atoms with Crippen LogP contribution in [0.2, 0.25) is 0 Å². The summed E-state index contributed by atoms with van der Waals surface area (Å²) in [5, 5.41) is 19.1. The van der Waals surface area contributed by atoms with Crippen molar-refractivity contribution in [1.82, 2.24) is 0 Å². The molecular weight excluding hydrogens is 247 g/mol. The molecule has 3 nitrogen and oxygen atoms in total.